The maximum Gasteiger partial charge on any atom is 0.374 e. The fraction of sp³-hybridized carbons (Fsp3) is 0.545. The van der Waals surface area contributed by atoms with Crippen LogP contribution in [0.3, 0.4) is 0 Å². The topological polar surface area (TPSA) is 80.1 Å². The predicted octanol–water partition coefficient (Wildman–Crippen LogP) is 0.670. The van der Waals surface area contributed by atoms with Crippen molar-refractivity contribution in [2.45, 2.75) is 5.09 Å². The van der Waals surface area contributed by atoms with Crippen molar-refractivity contribution in [3.8, 4) is 0 Å². The van der Waals surface area contributed by atoms with Crippen molar-refractivity contribution in [3.05, 3.63) is 17.9 Å². The van der Waals surface area contributed by atoms with E-state index in [2.05, 4.69) is 0 Å². The van der Waals surface area contributed by atoms with Crippen LogP contribution in [0.1, 0.15) is 10.6 Å². The van der Waals surface area contributed by atoms with E-state index in [9.17, 15) is 13.2 Å². The van der Waals surface area contributed by atoms with Crippen molar-refractivity contribution in [3.63, 3.8) is 0 Å². The monoisotopic (exact) mass is 326 g/mol. The lowest BCUT2D eigenvalue weighted by atomic mass is 10.4. The first-order chi connectivity index (χ1) is 8.75. The molecule has 0 saturated heterocycles. The second kappa shape index (κ2) is 7.63. The molecule has 0 aliphatic heterocycles. The number of halogens is 1. The third-order valence-electron chi connectivity index (χ3n) is 2.29. The van der Waals surface area contributed by atoms with Gasteiger partial charge in [0, 0.05) is 20.6 Å². The summed E-state index contributed by atoms with van der Waals surface area (Å²) < 4.78 is 34.5. The molecule has 1 heterocycles. The summed E-state index contributed by atoms with van der Waals surface area (Å²) in [4.78, 5) is 13.5. The predicted molar refractivity (Wildman–Crippen MR) is 75.7 cm³/mol. The summed E-state index contributed by atoms with van der Waals surface area (Å²) in [7, 11) is 2.79. The number of carbonyl (C=O) groups excluding carboxylic acids is 1. The molecule has 0 aliphatic carbocycles. The highest BCUT2D eigenvalue weighted by atomic mass is 35.5. The molecule has 0 saturated carbocycles. The Kier molecular flexibility index (Phi) is 7.21. The molecule has 0 amide bonds. The number of rotatable bonds is 6. The van der Waals surface area contributed by atoms with Crippen LogP contribution in [0.25, 0.3) is 0 Å². The lowest BCUT2D eigenvalue weighted by Gasteiger charge is -2.09. The minimum absolute atomic E-state index is 0. The highest BCUT2D eigenvalue weighted by Gasteiger charge is 2.23. The number of nitrogens with zero attached hydrogens (tertiary/aromatic N) is 2. The fourth-order valence-electron chi connectivity index (χ4n) is 1.14. The van der Waals surface area contributed by atoms with Crippen LogP contribution >= 0.6 is 12.4 Å². The summed E-state index contributed by atoms with van der Waals surface area (Å²) in [6.07, 6.45) is 0. The zero-order chi connectivity index (χ0) is 14.6. The van der Waals surface area contributed by atoms with Gasteiger partial charge in [-0.3, -0.25) is 0 Å². The lowest BCUT2D eigenvalue weighted by molar-refractivity contribution is 0.0440. The third-order valence-corrected chi connectivity index (χ3v) is 3.98. The Hall–Kier alpha value is -1.09. The van der Waals surface area contributed by atoms with E-state index in [1.54, 1.807) is 0 Å². The van der Waals surface area contributed by atoms with Gasteiger partial charge in [-0.15, -0.1) is 12.4 Å². The molecule has 0 atom stereocenters. The molecular weight excluding hydrogens is 308 g/mol. The standard InChI is InChI=1S/C11H18N2O5S.ClH/c1-12(2)7-8-17-11(14)9-5-6-10(18-9)19(15,16)13(3)4;/h5-6H,7-8H2,1-4H3;1H. The van der Waals surface area contributed by atoms with E-state index >= 15 is 0 Å². The van der Waals surface area contributed by atoms with Crippen LogP contribution in [-0.4, -0.2) is 64.9 Å². The van der Waals surface area contributed by atoms with Crippen molar-refractivity contribution in [1.82, 2.24) is 9.21 Å². The van der Waals surface area contributed by atoms with Crippen molar-refractivity contribution < 1.29 is 22.4 Å². The molecule has 0 unspecified atom stereocenters. The maximum absolute atomic E-state index is 11.7. The Morgan fingerprint density at radius 3 is 2.35 bits per heavy atom. The van der Waals surface area contributed by atoms with Gasteiger partial charge in [0.25, 0.3) is 10.0 Å². The van der Waals surface area contributed by atoms with E-state index < -0.39 is 16.0 Å². The Bertz CT molecular complexity index is 539. The highest BCUT2D eigenvalue weighted by molar-refractivity contribution is 7.88. The largest absolute Gasteiger partial charge is 0.458 e. The molecule has 0 bridgehead atoms. The zero-order valence-corrected chi connectivity index (χ0v) is 13.5. The first-order valence-electron chi connectivity index (χ1n) is 5.59. The maximum atomic E-state index is 11.7. The summed E-state index contributed by atoms with van der Waals surface area (Å²) in [5.74, 6) is -0.804. The molecular formula is C11H19ClN2O5S. The van der Waals surface area contributed by atoms with Crippen molar-refractivity contribution in [2.75, 3.05) is 41.3 Å². The Morgan fingerprint density at radius 2 is 1.85 bits per heavy atom. The molecule has 0 aromatic carbocycles. The van der Waals surface area contributed by atoms with Crippen molar-refractivity contribution in [2.24, 2.45) is 0 Å². The number of ether oxygens (including phenoxy) is 1. The average molecular weight is 327 g/mol. The number of esters is 1. The minimum atomic E-state index is -3.67. The number of carbonyl (C=O) groups is 1. The molecule has 9 heteroatoms. The van der Waals surface area contributed by atoms with Gasteiger partial charge in [0.1, 0.15) is 6.61 Å². The van der Waals surface area contributed by atoms with Crippen LogP contribution in [0, 0.1) is 0 Å². The van der Waals surface area contributed by atoms with Gasteiger partial charge in [-0.1, -0.05) is 0 Å². The molecule has 1 rings (SSSR count). The minimum Gasteiger partial charge on any atom is -0.458 e. The average Bonchev–Trinajstić information content (AvgIpc) is 2.77. The van der Waals surface area contributed by atoms with Crippen LogP contribution < -0.4 is 0 Å². The Labute approximate surface area is 124 Å². The van der Waals surface area contributed by atoms with E-state index in [1.807, 2.05) is 19.0 Å². The van der Waals surface area contributed by atoms with Gasteiger partial charge in [-0.2, -0.15) is 0 Å². The van der Waals surface area contributed by atoms with E-state index in [4.69, 9.17) is 9.15 Å². The van der Waals surface area contributed by atoms with Gasteiger partial charge in [0.2, 0.25) is 10.9 Å². The molecule has 116 valence electrons. The first-order valence-corrected chi connectivity index (χ1v) is 7.03. The summed E-state index contributed by atoms with van der Waals surface area (Å²) in [6, 6.07) is 2.52. The van der Waals surface area contributed by atoms with Gasteiger partial charge in [-0.05, 0) is 26.2 Å². The van der Waals surface area contributed by atoms with Gasteiger partial charge in [0.15, 0.2) is 0 Å². The molecule has 1 aromatic rings. The zero-order valence-electron chi connectivity index (χ0n) is 11.8. The SMILES string of the molecule is CN(C)CCOC(=O)c1ccc(S(=O)(=O)N(C)C)o1.Cl. The van der Waals surface area contributed by atoms with Crippen LogP contribution in [-0.2, 0) is 14.8 Å². The first kappa shape index (κ1) is 18.9. The van der Waals surface area contributed by atoms with E-state index in [-0.39, 0.29) is 29.9 Å². The molecule has 0 radical (unpaired) electrons. The second-order valence-electron chi connectivity index (χ2n) is 4.35. The third kappa shape index (κ3) is 4.78. The summed E-state index contributed by atoms with van der Waals surface area (Å²) in [5.41, 5.74) is 0. The van der Waals surface area contributed by atoms with Gasteiger partial charge in [-0.25, -0.2) is 17.5 Å². The molecule has 0 N–H and O–H groups in total. The molecule has 20 heavy (non-hydrogen) atoms. The number of furan rings is 1. The molecule has 0 spiro atoms. The van der Waals surface area contributed by atoms with E-state index in [0.717, 1.165) is 4.31 Å². The highest BCUT2D eigenvalue weighted by Crippen LogP contribution is 2.17. The fourth-order valence-corrected chi connectivity index (χ4v) is 1.94. The number of likely N-dealkylation sites (N-methyl/N-ethyl adjacent to an activating group) is 1. The summed E-state index contributed by atoms with van der Waals surface area (Å²) >= 11 is 0. The Morgan fingerprint density at radius 1 is 1.25 bits per heavy atom. The van der Waals surface area contributed by atoms with Crippen molar-refractivity contribution >= 4 is 28.4 Å². The number of hydrogen-bond acceptors (Lipinski definition) is 6. The van der Waals surface area contributed by atoms with Crippen LogP contribution in [0.15, 0.2) is 21.6 Å². The van der Waals surface area contributed by atoms with E-state index in [0.29, 0.717) is 6.54 Å². The van der Waals surface area contributed by atoms with Crippen molar-refractivity contribution in [1.29, 1.82) is 0 Å². The van der Waals surface area contributed by atoms with E-state index in [1.165, 1.54) is 26.2 Å². The van der Waals surface area contributed by atoms with Crippen LogP contribution in [0.4, 0.5) is 0 Å². The van der Waals surface area contributed by atoms with Gasteiger partial charge < -0.3 is 14.1 Å². The molecule has 1 aromatic heterocycles. The quantitative estimate of drug-likeness (QED) is 0.715. The number of sulfonamides is 1. The number of hydrogen-bond donors (Lipinski definition) is 0. The van der Waals surface area contributed by atoms with Gasteiger partial charge in [0.05, 0.1) is 0 Å². The summed E-state index contributed by atoms with van der Waals surface area (Å²) in [6.45, 7) is 0.789. The lowest BCUT2D eigenvalue weighted by Crippen LogP contribution is -2.21. The van der Waals surface area contributed by atoms with Gasteiger partial charge >= 0.3 is 5.97 Å². The Balaban J connectivity index is 0.00000361. The molecule has 0 fully saturated rings. The normalized spacial score (nSPS) is 11.5. The molecule has 0 aliphatic rings. The second-order valence-corrected chi connectivity index (χ2v) is 6.43. The van der Waals surface area contributed by atoms with Crippen LogP contribution in [0.2, 0.25) is 0 Å². The van der Waals surface area contributed by atoms with Crippen LogP contribution in [0.5, 0.6) is 0 Å². The molecule has 7 nitrogen and oxygen atoms in total. The smallest absolute Gasteiger partial charge is 0.374 e. The summed E-state index contributed by atoms with van der Waals surface area (Å²) in [5, 5.41) is -0.281.